The van der Waals surface area contributed by atoms with Crippen LogP contribution in [0.1, 0.15) is 22.7 Å². The van der Waals surface area contributed by atoms with E-state index in [1.165, 1.54) is 6.21 Å². The summed E-state index contributed by atoms with van der Waals surface area (Å²) in [6, 6.07) is 8.58. The molecule has 0 fully saturated rings. The third-order valence-electron chi connectivity index (χ3n) is 6.25. The Morgan fingerprint density at radius 2 is 2.06 bits per heavy atom. The minimum atomic E-state index is -0.742. The zero-order valence-electron chi connectivity index (χ0n) is 19.1. The summed E-state index contributed by atoms with van der Waals surface area (Å²) in [6.07, 6.45) is 2.11. The molecule has 1 atom stereocenters. The lowest BCUT2D eigenvalue weighted by Crippen LogP contribution is -2.34. The van der Waals surface area contributed by atoms with E-state index in [-0.39, 0.29) is 24.9 Å². The molecule has 1 aromatic heterocycles. The highest BCUT2D eigenvalue weighted by atomic mass is 79.9. The van der Waals surface area contributed by atoms with Gasteiger partial charge in [-0.2, -0.15) is 0 Å². The molecular formula is C24H23BrN4O6. The van der Waals surface area contributed by atoms with Gasteiger partial charge >= 0.3 is 5.69 Å². The quantitative estimate of drug-likeness (QED) is 0.475. The molecule has 2 aliphatic rings. The van der Waals surface area contributed by atoms with Gasteiger partial charge in [0.25, 0.3) is 5.56 Å². The maximum atomic E-state index is 12.5. The molecule has 0 aliphatic carbocycles. The number of hydrogen-bond donors (Lipinski definition) is 2. The van der Waals surface area contributed by atoms with E-state index in [2.05, 4.69) is 30.8 Å². The van der Waals surface area contributed by atoms with E-state index in [1.807, 2.05) is 13.1 Å². The van der Waals surface area contributed by atoms with Crippen LogP contribution < -0.4 is 25.5 Å². The first kappa shape index (κ1) is 23.2. The van der Waals surface area contributed by atoms with Crippen LogP contribution in [-0.2, 0) is 6.42 Å². The lowest BCUT2D eigenvalue weighted by Gasteiger charge is -2.35. The van der Waals surface area contributed by atoms with Gasteiger partial charge in [0.05, 0.1) is 25.4 Å². The molecule has 0 amide bonds. The monoisotopic (exact) mass is 542 g/mol. The molecule has 0 saturated heterocycles. The average Bonchev–Trinajstić information content (AvgIpc) is 3.30. The van der Waals surface area contributed by atoms with E-state index < -0.39 is 17.1 Å². The fourth-order valence-electron chi connectivity index (χ4n) is 4.48. The van der Waals surface area contributed by atoms with Crippen molar-refractivity contribution < 1.29 is 19.3 Å². The fraction of sp³-hybridized carbons (Fsp3) is 0.292. The van der Waals surface area contributed by atoms with E-state index in [1.54, 1.807) is 31.4 Å². The third kappa shape index (κ3) is 4.10. The summed E-state index contributed by atoms with van der Waals surface area (Å²) < 4.78 is 18.7. The van der Waals surface area contributed by atoms with E-state index in [0.29, 0.717) is 22.9 Å². The predicted molar refractivity (Wildman–Crippen MR) is 133 cm³/mol. The van der Waals surface area contributed by atoms with E-state index in [4.69, 9.17) is 14.2 Å². The van der Waals surface area contributed by atoms with E-state index >= 15 is 0 Å². The highest BCUT2D eigenvalue weighted by Crippen LogP contribution is 2.49. The highest BCUT2D eigenvalue weighted by molar-refractivity contribution is 9.10. The molecule has 2 aromatic carbocycles. The number of methoxy groups -OCH3 is 1. The first-order valence-electron chi connectivity index (χ1n) is 10.9. The standard InChI is InChI=1S/C24H23BrN4O6/c1-28-8-7-13-9-18-20(35-12-34-18)21(33-2)19(13)17(28)11-26-10-16-22(30)27-24(32)29(23(16)31)15-5-3-14(25)4-6-15/h3-6,9-10,17,31H,7-8,11-12H2,1-2H3,(H,27,30,32). The Balaban J connectivity index is 1.50. The first-order valence-corrected chi connectivity index (χ1v) is 11.7. The van der Waals surface area contributed by atoms with Crippen LogP contribution in [0.2, 0.25) is 0 Å². The molecule has 182 valence electrons. The molecular weight excluding hydrogens is 520 g/mol. The van der Waals surface area contributed by atoms with Gasteiger partial charge in [0.15, 0.2) is 11.5 Å². The summed E-state index contributed by atoms with van der Waals surface area (Å²) in [5.41, 5.74) is 0.887. The van der Waals surface area contributed by atoms with E-state index in [9.17, 15) is 14.7 Å². The Morgan fingerprint density at radius 3 is 2.80 bits per heavy atom. The number of aromatic nitrogens is 2. The summed E-state index contributed by atoms with van der Waals surface area (Å²) >= 11 is 3.34. The van der Waals surface area contributed by atoms with Gasteiger partial charge in [-0.25, -0.2) is 9.36 Å². The van der Waals surface area contributed by atoms with Crippen LogP contribution in [0.25, 0.3) is 5.69 Å². The van der Waals surface area contributed by atoms with Crippen molar-refractivity contribution >= 4 is 22.1 Å². The molecule has 0 saturated carbocycles. The lowest BCUT2D eigenvalue weighted by molar-refractivity contribution is 0.170. The number of rotatable bonds is 5. The number of halogens is 1. The van der Waals surface area contributed by atoms with Gasteiger partial charge in [-0.3, -0.25) is 19.7 Å². The molecule has 0 radical (unpaired) electrons. The fourth-order valence-corrected chi connectivity index (χ4v) is 4.75. The molecule has 0 spiro atoms. The third-order valence-corrected chi connectivity index (χ3v) is 6.78. The second-order valence-electron chi connectivity index (χ2n) is 8.27. The number of nitrogens with one attached hydrogen (secondary N) is 1. The van der Waals surface area contributed by atoms with Crippen molar-refractivity contribution in [2.45, 2.75) is 12.5 Å². The van der Waals surface area contributed by atoms with Crippen molar-refractivity contribution in [2.75, 3.05) is 34.0 Å². The zero-order chi connectivity index (χ0) is 24.7. The summed E-state index contributed by atoms with van der Waals surface area (Å²) in [7, 11) is 3.58. The van der Waals surface area contributed by atoms with Crippen molar-refractivity contribution in [3.05, 3.63) is 72.3 Å². The Morgan fingerprint density at radius 1 is 1.29 bits per heavy atom. The van der Waals surface area contributed by atoms with Crippen LogP contribution in [0, 0.1) is 0 Å². The van der Waals surface area contributed by atoms with Crippen LogP contribution in [0.4, 0.5) is 0 Å². The van der Waals surface area contributed by atoms with Crippen LogP contribution in [-0.4, -0.2) is 59.8 Å². The molecule has 3 aromatic rings. The Hall–Kier alpha value is -3.57. The predicted octanol–water partition coefficient (Wildman–Crippen LogP) is 2.38. The number of hydrogen-bond acceptors (Lipinski definition) is 8. The smallest absolute Gasteiger partial charge is 0.335 e. The summed E-state index contributed by atoms with van der Waals surface area (Å²) in [5, 5.41) is 10.8. The number of aromatic amines is 1. The number of benzene rings is 2. The van der Waals surface area contributed by atoms with Gasteiger partial charge in [-0.1, -0.05) is 15.9 Å². The van der Waals surface area contributed by atoms with E-state index in [0.717, 1.165) is 33.1 Å². The average molecular weight is 543 g/mol. The number of likely N-dealkylation sites (N-methyl/N-ethyl adjacent to an activating group) is 1. The number of ether oxygens (including phenoxy) is 3. The van der Waals surface area contributed by atoms with Crippen molar-refractivity contribution in [3.8, 4) is 28.8 Å². The molecule has 5 rings (SSSR count). The number of fused-ring (bicyclic) bond motifs is 2. The largest absolute Gasteiger partial charge is 0.493 e. The first-order chi connectivity index (χ1) is 16.9. The topological polar surface area (TPSA) is 118 Å². The molecule has 10 nitrogen and oxygen atoms in total. The summed E-state index contributed by atoms with van der Waals surface area (Å²) in [6.45, 7) is 1.23. The molecule has 1 unspecified atom stereocenters. The molecule has 2 N–H and O–H groups in total. The van der Waals surface area contributed by atoms with Crippen LogP contribution in [0.15, 0.2) is 49.4 Å². The maximum Gasteiger partial charge on any atom is 0.335 e. The van der Waals surface area contributed by atoms with Gasteiger partial charge in [0.1, 0.15) is 5.56 Å². The molecule has 3 heterocycles. The van der Waals surface area contributed by atoms with Crippen molar-refractivity contribution in [2.24, 2.45) is 4.99 Å². The Labute approximate surface area is 208 Å². The lowest BCUT2D eigenvalue weighted by atomic mass is 9.91. The van der Waals surface area contributed by atoms with Gasteiger partial charge < -0.3 is 19.3 Å². The number of H-pyrrole nitrogens is 1. The van der Waals surface area contributed by atoms with Crippen molar-refractivity contribution in [1.29, 1.82) is 0 Å². The Kier molecular flexibility index (Phi) is 6.12. The molecule has 2 aliphatic heterocycles. The maximum absolute atomic E-state index is 12.5. The van der Waals surface area contributed by atoms with Crippen LogP contribution in [0.5, 0.6) is 23.1 Å². The van der Waals surface area contributed by atoms with Crippen LogP contribution in [0.3, 0.4) is 0 Å². The number of nitrogens with zero attached hydrogens (tertiary/aromatic N) is 3. The number of aliphatic imine (C=N–C) groups is 1. The van der Waals surface area contributed by atoms with Crippen molar-refractivity contribution in [1.82, 2.24) is 14.5 Å². The minimum Gasteiger partial charge on any atom is -0.493 e. The summed E-state index contributed by atoms with van der Waals surface area (Å²) in [4.78, 5) is 33.8. The van der Waals surface area contributed by atoms with Gasteiger partial charge in [0.2, 0.25) is 18.4 Å². The SMILES string of the molecule is COc1c2c(cc3c1C(CN=Cc1c(O)n(-c4ccc(Br)cc4)c(=O)[nH]c1=O)N(C)CC3)OCO2. The van der Waals surface area contributed by atoms with Gasteiger partial charge in [0, 0.05) is 22.8 Å². The number of aromatic hydroxyl groups is 1. The second kappa shape index (κ2) is 9.23. The second-order valence-corrected chi connectivity index (χ2v) is 9.18. The highest BCUT2D eigenvalue weighted by Gasteiger charge is 2.33. The molecule has 11 heteroatoms. The molecule has 35 heavy (non-hydrogen) atoms. The zero-order valence-corrected chi connectivity index (χ0v) is 20.7. The normalized spacial score (nSPS) is 17.1. The van der Waals surface area contributed by atoms with Gasteiger partial charge in [-0.05, 0) is 49.4 Å². The van der Waals surface area contributed by atoms with Crippen LogP contribution >= 0.6 is 15.9 Å². The van der Waals surface area contributed by atoms with Crippen molar-refractivity contribution in [3.63, 3.8) is 0 Å². The Bertz CT molecular complexity index is 1430. The minimum absolute atomic E-state index is 0.108. The molecule has 0 bridgehead atoms. The summed E-state index contributed by atoms with van der Waals surface area (Å²) in [5.74, 6) is 1.37. The van der Waals surface area contributed by atoms with Gasteiger partial charge in [-0.15, -0.1) is 0 Å².